The van der Waals surface area contributed by atoms with Crippen LogP contribution in [0, 0.1) is 26.4 Å². The fourth-order valence-electron chi connectivity index (χ4n) is 1.79. The van der Waals surface area contributed by atoms with Crippen molar-refractivity contribution >= 4 is 34.0 Å². The van der Waals surface area contributed by atoms with Gasteiger partial charge in [-0.2, -0.15) is 0 Å². The van der Waals surface area contributed by atoms with Crippen molar-refractivity contribution in [2.24, 2.45) is 0 Å². The summed E-state index contributed by atoms with van der Waals surface area (Å²) in [6, 6.07) is 9.58. The van der Waals surface area contributed by atoms with Crippen molar-refractivity contribution in [1.82, 2.24) is 0 Å². The molecule has 6 heteroatoms. The van der Waals surface area contributed by atoms with E-state index in [1.54, 1.807) is 25.1 Å². The molecule has 0 aliphatic rings. The summed E-state index contributed by atoms with van der Waals surface area (Å²) in [6.07, 6.45) is 0. The van der Waals surface area contributed by atoms with Crippen LogP contribution in [0.25, 0.3) is 0 Å². The second-order valence-electron chi connectivity index (χ2n) is 4.36. The van der Waals surface area contributed by atoms with Crippen molar-refractivity contribution in [2.45, 2.75) is 13.5 Å². The predicted molar refractivity (Wildman–Crippen MR) is 84.3 cm³/mol. The van der Waals surface area contributed by atoms with Crippen molar-refractivity contribution in [1.29, 1.82) is 0 Å². The smallest absolute Gasteiger partial charge is 0.272 e. The quantitative estimate of drug-likeness (QED) is 0.486. The number of benzene rings is 2. The molecule has 2 aromatic carbocycles. The van der Waals surface area contributed by atoms with Gasteiger partial charge in [0, 0.05) is 27.4 Å². The molecule has 104 valence electrons. The molecule has 20 heavy (non-hydrogen) atoms. The summed E-state index contributed by atoms with van der Waals surface area (Å²) in [7, 11) is 0. The van der Waals surface area contributed by atoms with E-state index < -0.39 is 0 Å². The molecule has 0 atom stereocenters. The van der Waals surface area contributed by atoms with Crippen LogP contribution >= 0.6 is 22.6 Å². The van der Waals surface area contributed by atoms with E-state index in [0.717, 1.165) is 14.8 Å². The fraction of sp³-hybridized carbons (Fsp3) is 0.143. The second kappa shape index (κ2) is 6.17. The zero-order chi connectivity index (χ0) is 14.7. The zero-order valence-electron chi connectivity index (χ0n) is 10.7. The monoisotopic (exact) mass is 386 g/mol. The van der Waals surface area contributed by atoms with Gasteiger partial charge >= 0.3 is 0 Å². The van der Waals surface area contributed by atoms with Crippen molar-refractivity contribution in [3.05, 3.63) is 67.0 Å². The van der Waals surface area contributed by atoms with Crippen LogP contribution in [0.3, 0.4) is 0 Å². The van der Waals surface area contributed by atoms with E-state index >= 15 is 0 Å². The molecule has 0 bridgehead atoms. The number of nitrogens with zero attached hydrogens (tertiary/aromatic N) is 1. The van der Waals surface area contributed by atoms with E-state index in [1.807, 2.05) is 28.7 Å². The van der Waals surface area contributed by atoms with Crippen molar-refractivity contribution in [2.75, 3.05) is 5.32 Å². The summed E-state index contributed by atoms with van der Waals surface area (Å²) in [5.41, 5.74) is 2.35. The summed E-state index contributed by atoms with van der Waals surface area (Å²) >= 11 is 2.04. The van der Waals surface area contributed by atoms with Crippen LogP contribution in [0.4, 0.5) is 15.8 Å². The van der Waals surface area contributed by atoms with Gasteiger partial charge in [0.15, 0.2) is 0 Å². The Labute approximate surface area is 129 Å². The van der Waals surface area contributed by atoms with Crippen LogP contribution in [-0.4, -0.2) is 4.92 Å². The highest BCUT2D eigenvalue weighted by molar-refractivity contribution is 14.1. The molecule has 0 saturated heterocycles. The summed E-state index contributed by atoms with van der Waals surface area (Å²) in [5.74, 6) is -0.286. The van der Waals surface area contributed by atoms with Gasteiger partial charge in [-0.05, 0) is 53.3 Å². The first-order chi connectivity index (χ1) is 9.47. The third-order valence-electron chi connectivity index (χ3n) is 2.88. The molecule has 0 radical (unpaired) electrons. The molecule has 2 aromatic rings. The van der Waals surface area contributed by atoms with Crippen molar-refractivity contribution in [3.8, 4) is 0 Å². The number of hydrogen-bond acceptors (Lipinski definition) is 3. The van der Waals surface area contributed by atoms with Gasteiger partial charge in [-0.1, -0.05) is 12.1 Å². The number of hydrogen-bond donors (Lipinski definition) is 1. The fourth-order valence-corrected chi connectivity index (χ4v) is 2.46. The average molecular weight is 386 g/mol. The molecule has 0 fully saturated rings. The number of aryl methyl sites for hydroxylation is 1. The molecular formula is C14H12FIN2O2. The van der Waals surface area contributed by atoms with E-state index in [2.05, 4.69) is 5.32 Å². The number of rotatable bonds is 4. The molecule has 0 aliphatic heterocycles. The Balaban J connectivity index is 2.15. The van der Waals surface area contributed by atoms with Gasteiger partial charge in [0.1, 0.15) is 5.82 Å². The van der Waals surface area contributed by atoms with E-state index in [1.165, 1.54) is 12.1 Å². The number of anilines is 1. The summed E-state index contributed by atoms with van der Waals surface area (Å²) in [5, 5.41) is 14.0. The third kappa shape index (κ3) is 3.44. The number of nitro benzene ring substituents is 1. The predicted octanol–water partition coefficient (Wildman–Crippen LogP) is 4.26. The minimum atomic E-state index is -0.388. The van der Waals surface area contributed by atoms with Gasteiger partial charge in [0.05, 0.1) is 4.92 Å². The molecule has 0 unspecified atom stereocenters. The van der Waals surface area contributed by atoms with Crippen LogP contribution < -0.4 is 5.32 Å². The number of halogens is 2. The summed E-state index contributed by atoms with van der Waals surface area (Å²) in [4.78, 5) is 10.5. The molecule has 2 rings (SSSR count). The molecule has 0 saturated carbocycles. The van der Waals surface area contributed by atoms with Gasteiger partial charge in [-0.3, -0.25) is 10.1 Å². The Hall–Kier alpha value is -1.70. The highest BCUT2D eigenvalue weighted by Crippen LogP contribution is 2.22. The molecule has 4 nitrogen and oxygen atoms in total. The Morgan fingerprint density at radius 3 is 2.70 bits per heavy atom. The van der Waals surface area contributed by atoms with Gasteiger partial charge in [-0.25, -0.2) is 4.39 Å². The topological polar surface area (TPSA) is 55.2 Å². The standard InChI is InChI=1S/C14H12FIN2O2/c1-9-2-3-10(6-14(9)18(19)20)8-17-13-5-4-11(15)7-12(13)16/h2-7,17H,8H2,1H3. The molecule has 0 aliphatic carbocycles. The van der Waals surface area contributed by atoms with Crippen LogP contribution in [0.1, 0.15) is 11.1 Å². The highest BCUT2D eigenvalue weighted by Gasteiger charge is 2.11. The number of nitro groups is 1. The van der Waals surface area contributed by atoms with Crippen LogP contribution in [0.15, 0.2) is 36.4 Å². The van der Waals surface area contributed by atoms with E-state index in [4.69, 9.17) is 0 Å². The SMILES string of the molecule is Cc1ccc(CNc2ccc(F)cc2I)cc1[N+](=O)[O-]. The van der Waals surface area contributed by atoms with Crippen LogP contribution in [0.5, 0.6) is 0 Å². The van der Waals surface area contributed by atoms with Gasteiger partial charge in [0.2, 0.25) is 0 Å². The maximum atomic E-state index is 13.0. The molecule has 0 spiro atoms. The largest absolute Gasteiger partial charge is 0.380 e. The van der Waals surface area contributed by atoms with Crippen molar-refractivity contribution < 1.29 is 9.31 Å². The zero-order valence-corrected chi connectivity index (χ0v) is 12.8. The molecule has 0 amide bonds. The first-order valence-corrected chi connectivity index (χ1v) is 6.98. The Bertz CT molecular complexity index is 662. The van der Waals surface area contributed by atoms with Gasteiger partial charge < -0.3 is 5.32 Å². The lowest BCUT2D eigenvalue weighted by molar-refractivity contribution is -0.385. The molecule has 0 aromatic heterocycles. The van der Waals surface area contributed by atoms with Crippen LogP contribution in [-0.2, 0) is 6.54 Å². The minimum Gasteiger partial charge on any atom is -0.380 e. The van der Waals surface area contributed by atoms with Gasteiger partial charge in [-0.15, -0.1) is 0 Å². The van der Waals surface area contributed by atoms with E-state index in [-0.39, 0.29) is 16.4 Å². The number of nitrogens with one attached hydrogen (secondary N) is 1. The summed E-state index contributed by atoms with van der Waals surface area (Å²) in [6.45, 7) is 2.15. The van der Waals surface area contributed by atoms with Crippen LogP contribution in [0.2, 0.25) is 0 Å². The Morgan fingerprint density at radius 2 is 2.05 bits per heavy atom. The normalized spacial score (nSPS) is 10.3. The maximum absolute atomic E-state index is 13.0. The van der Waals surface area contributed by atoms with Crippen molar-refractivity contribution in [3.63, 3.8) is 0 Å². The minimum absolute atomic E-state index is 0.109. The highest BCUT2D eigenvalue weighted by atomic mass is 127. The Morgan fingerprint density at radius 1 is 1.30 bits per heavy atom. The molecule has 1 N–H and O–H groups in total. The Kier molecular flexibility index (Phi) is 4.53. The van der Waals surface area contributed by atoms with E-state index in [9.17, 15) is 14.5 Å². The first-order valence-electron chi connectivity index (χ1n) is 5.90. The third-order valence-corrected chi connectivity index (χ3v) is 3.78. The second-order valence-corrected chi connectivity index (χ2v) is 5.52. The maximum Gasteiger partial charge on any atom is 0.272 e. The lowest BCUT2D eigenvalue weighted by Crippen LogP contribution is -2.02. The first kappa shape index (κ1) is 14.7. The lowest BCUT2D eigenvalue weighted by Gasteiger charge is -2.09. The summed E-state index contributed by atoms with van der Waals surface area (Å²) < 4.78 is 13.8. The lowest BCUT2D eigenvalue weighted by atomic mass is 10.1. The molecule has 0 heterocycles. The van der Waals surface area contributed by atoms with Gasteiger partial charge in [0.25, 0.3) is 5.69 Å². The molecular weight excluding hydrogens is 374 g/mol. The average Bonchev–Trinajstić information content (AvgIpc) is 2.39. The van der Waals surface area contributed by atoms with E-state index in [0.29, 0.717) is 12.1 Å².